The number of rotatable bonds is 0. The Morgan fingerprint density at radius 1 is 1.11 bits per heavy atom. The summed E-state index contributed by atoms with van der Waals surface area (Å²) in [7, 11) is 0. The van der Waals surface area contributed by atoms with Crippen molar-refractivity contribution in [1.29, 1.82) is 0 Å². The summed E-state index contributed by atoms with van der Waals surface area (Å²) in [6.45, 7) is 7.68. The highest BCUT2D eigenvalue weighted by Crippen LogP contribution is 2.35. The Morgan fingerprint density at radius 2 is 1.56 bits per heavy atom. The zero-order valence-corrected chi connectivity index (χ0v) is 5.13. The number of fused-ring (bicyclic) bond motifs is 2. The number of hydrogen-bond donors (Lipinski definition) is 0. The first-order valence-electron chi connectivity index (χ1n) is 3.01. The third-order valence-corrected chi connectivity index (χ3v) is 1.85. The molecule has 0 amide bonds. The maximum Gasteiger partial charge on any atom is 0.102 e. The third kappa shape index (κ3) is 0.473. The molecule has 2 rings (SSSR count). The van der Waals surface area contributed by atoms with E-state index in [0.29, 0.717) is 0 Å². The zero-order chi connectivity index (χ0) is 6.43. The van der Waals surface area contributed by atoms with Crippen molar-refractivity contribution in [3.8, 4) is 0 Å². The molecule has 1 fully saturated rings. The van der Waals surface area contributed by atoms with Crippen molar-refractivity contribution in [3.05, 3.63) is 36.5 Å². The van der Waals surface area contributed by atoms with Crippen LogP contribution in [0.2, 0.25) is 0 Å². The monoisotopic (exact) mass is 120 g/mol. The Bertz CT molecular complexity index is 191. The summed E-state index contributed by atoms with van der Waals surface area (Å²) >= 11 is 0. The van der Waals surface area contributed by atoms with E-state index in [1.54, 1.807) is 0 Å². The molecule has 0 aromatic rings. The SMILES string of the molecule is C=C1C(=C)C2C=CC1O2. The molecule has 2 aliphatic heterocycles. The molecule has 46 valence electrons. The molecule has 0 aromatic carbocycles. The molecule has 0 aromatic heterocycles. The molecule has 1 saturated heterocycles. The summed E-state index contributed by atoms with van der Waals surface area (Å²) in [6, 6.07) is 0. The molecule has 2 aliphatic rings. The Balaban J connectivity index is 2.47. The van der Waals surface area contributed by atoms with Gasteiger partial charge in [0, 0.05) is 0 Å². The predicted octanol–water partition coefficient (Wildman–Crippen LogP) is 1.44. The third-order valence-electron chi connectivity index (χ3n) is 1.85. The number of ether oxygens (including phenoxy) is 1. The van der Waals surface area contributed by atoms with Crippen molar-refractivity contribution in [2.75, 3.05) is 0 Å². The topological polar surface area (TPSA) is 9.23 Å². The maximum atomic E-state index is 5.39. The molecule has 0 aliphatic carbocycles. The van der Waals surface area contributed by atoms with E-state index in [9.17, 15) is 0 Å². The standard InChI is InChI=1S/C8H8O/c1-5-6(2)8-4-3-7(5)9-8/h3-4,7-8H,1-2H2. The minimum absolute atomic E-state index is 0.141. The molecule has 2 atom stereocenters. The molecule has 0 radical (unpaired) electrons. The maximum absolute atomic E-state index is 5.39. The molecule has 0 N–H and O–H groups in total. The molecule has 9 heavy (non-hydrogen) atoms. The summed E-state index contributed by atoms with van der Waals surface area (Å²) in [6.07, 6.45) is 4.34. The van der Waals surface area contributed by atoms with Crippen LogP contribution >= 0.6 is 0 Å². The highest BCUT2D eigenvalue weighted by atomic mass is 16.5. The van der Waals surface area contributed by atoms with Gasteiger partial charge in [0.05, 0.1) is 0 Å². The molecule has 0 spiro atoms. The van der Waals surface area contributed by atoms with Gasteiger partial charge in [0.2, 0.25) is 0 Å². The lowest BCUT2D eigenvalue weighted by atomic mass is 9.98. The predicted molar refractivity (Wildman–Crippen MR) is 36.1 cm³/mol. The second kappa shape index (κ2) is 1.36. The van der Waals surface area contributed by atoms with Crippen LogP contribution in [0, 0.1) is 0 Å². The van der Waals surface area contributed by atoms with Crippen LogP contribution < -0.4 is 0 Å². The quantitative estimate of drug-likeness (QED) is 0.439. The van der Waals surface area contributed by atoms with Crippen LogP contribution in [0.4, 0.5) is 0 Å². The van der Waals surface area contributed by atoms with Crippen LogP contribution in [-0.4, -0.2) is 12.2 Å². The fraction of sp³-hybridized carbons (Fsp3) is 0.250. The molecular formula is C8H8O. The largest absolute Gasteiger partial charge is 0.357 e. The summed E-state index contributed by atoms with van der Waals surface area (Å²) in [5.41, 5.74) is 2.09. The van der Waals surface area contributed by atoms with E-state index >= 15 is 0 Å². The Morgan fingerprint density at radius 3 is 1.78 bits per heavy atom. The van der Waals surface area contributed by atoms with Gasteiger partial charge in [0.15, 0.2) is 0 Å². The van der Waals surface area contributed by atoms with Gasteiger partial charge < -0.3 is 4.74 Å². The van der Waals surface area contributed by atoms with Crippen molar-refractivity contribution >= 4 is 0 Å². The fourth-order valence-corrected chi connectivity index (χ4v) is 1.21. The molecular weight excluding hydrogens is 112 g/mol. The van der Waals surface area contributed by atoms with E-state index in [2.05, 4.69) is 13.2 Å². The van der Waals surface area contributed by atoms with Crippen LogP contribution in [0.5, 0.6) is 0 Å². The van der Waals surface area contributed by atoms with Crippen LogP contribution in [0.25, 0.3) is 0 Å². The van der Waals surface area contributed by atoms with Crippen LogP contribution in [0.3, 0.4) is 0 Å². The average molecular weight is 120 g/mol. The lowest BCUT2D eigenvalue weighted by molar-refractivity contribution is 0.139. The summed E-state index contributed by atoms with van der Waals surface area (Å²) < 4.78 is 5.39. The van der Waals surface area contributed by atoms with E-state index in [4.69, 9.17) is 4.74 Å². The van der Waals surface area contributed by atoms with E-state index in [1.165, 1.54) is 0 Å². The van der Waals surface area contributed by atoms with Crippen molar-refractivity contribution in [2.24, 2.45) is 0 Å². The van der Waals surface area contributed by atoms with Crippen LogP contribution in [0.15, 0.2) is 36.5 Å². The molecule has 2 unspecified atom stereocenters. The molecule has 2 bridgehead atoms. The average Bonchev–Trinajstić information content (AvgIpc) is 2.37. The lowest BCUT2D eigenvalue weighted by Gasteiger charge is -2.02. The molecule has 1 heteroatoms. The first kappa shape index (κ1) is 5.00. The van der Waals surface area contributed by atoms with E-state index in [-0.39, 0.29) is 12.2 Å². The van der Waals surface area contributed by atoms with Crippen molar-refractivity contribution in [1.82, 2.24) is 0 Å². The summed E-state index contributed by atoms with van der Waals surface area (Å²) in [5.74, 6) is 0. The van der Waals surface area contributed by atoms with Gasteiger partial charge in [-0.1, -0.05) is 25.3 Å². The van der Waals surface area contributed by atoms with Crippen molar-refractivity contribution in [3.63, 3.8) is 0 Å². The summed E-state index contributed by atoms with van der Waals surface area (Å²) in [4.78, 5) is 0. The van der Waals surface area contributed by atoms with Crippen molar-refractivity contribution in [2.45, 2.75) is 12.2 Å². The van der Waals surface area contributed by atoms with E-state index in [0.717, 1.165) is 11.1 Å². The smallest absolute Gasteiger partial charge is 0.102 e. The van der Waals surface area contributed by atoms with E-state index < -0.39 is 0 Å². The van der Waals surface area contributed by atoms with Gasteiger partial charge in [-0.25, -0.2) is 0 Å². The lowest BCUT2D eigenvalue weighted by Crippen LogP contribution is -1.99. The second-order valence-electron chi connectivity index (χ2n) is 2.41. The highest BCUT2D eigenvalue weighted by molar-refractivity contribution is 5.46. The Hall–Kier alpha value is -0.820. The van der Waals surface area contributed by atoms with Crippen LogP contribution in [0.1, 0.15) is 0 Å². The molecule has 1 nitrogen and oxygen atoms in total. The van der Waals surface area contributed by atoms with Gasteiger partial charge in [-0.3, -0.25) is 0 Å². The van der Waals surface area contributed by atoms with Gasteiger partial charge >= 0.3 is 0 Å². The fourth-order valence-electron chi connectivity index (χ4n) is 1.21. The van der Waals surface area contributed by atoms with Gasteiger partial charge in [0.25, 0.3) is 0 Å². The van der Waals surface area contributed by atoms with Gasteiger partial charge in [-0.15, -0.1) is 0 Å². The minimum Gasteiger partial charge on any atom is -0.357 e. The normalized spacial score (nSPS) is 38.7. The summed E-state index contributed by atoms with van der Waals surface area (Å²) in [5, 5.41) is 0. The van der Waals surface area contributed by atoms with Crippen molar-refractivity contribution < 1.29 is 4.74 Å². The van der Waals surface area contributed by atoms with E-state index in [1.807, 2.05) is 12.2 Å². The molecule has 2 heterocycles. The number of hydrogen-bond acceptors (Lipinski definition) is 1. The van der Waals surface area contributed by atoms with Gasteiger partial charge in [0.1, 0.15) is 12.2 Å². The first-order chi connectivity index (χ1) is 4.29. The van der Waals surface area contributed by atoms with Crippen LogP contribution in [-0.2, 0) is 4.74 Å². The molecule has 0 saturated carbocycles. The Kier molecular flexibility index (Phi) is 0.758. The first-order valence-corrected chi connectivity index (χ1v) is 3.01. The van der Waals surface area contributed by atoms with Gasteiger partial charge in [-0.05, 0) is 11.1 Å². The minimum atomic E-state index is 0.141. The van der Waals surface area contributed by atoms with Gasteiger partial charge in [-0.2, -0.15) is 0 Å². The Labute approximate surface area is 54.3 Å². The zero-order valence-electron chi connectivity index (χ0n) is 5.13. The highest BCUT2D eigenvalue weighted by Gasteiger charge is 2.33. The second-order valence-corrected chi connectivity index (χ2v) is 2.41.